The van der Waals surface area contributed by atoms with Crippen molar-refractivity contribution in [2.75, 3.05) is 32.6 Å². The summed E-state index contributed by atoms with van der Waals surface area (Å²) in [4.78, 5) is 14.2. The molecule has 0 saturated carbocycles. The van der Waals surface area contributed by atoms with Gasteiger partial charge in [-0.3, -0.25) is 4.90 Å². The molecule has 0 spiro atoms. The van der Waals surface area contributed by atoms with Crippen LogP contribution in [-0.4, -0.2) is 43.3 Å². The zero-order chi connectivity index (χ0) is 14.8. The Kier molecular flexibility index (Phi) is 4.30. The van der Waals surface area contributed by atoms with Gasteiger partial charge in [-0.25, -0.2) is 4.79 Å². The fourth-order valence-electron chi connectivity index (χ4n) is 2.49. The van der Waals surface area contributed by atoms with E-state index in [1.165, 1.54) is 7.11 Å². The van der Waals surface area contributed by atoms with E-state index in [-0.39, 0.29) is 11.5 Å². The van der Waals surface area contributed by atoms with E-state index in [1.54, 1.807) is 6.07 Å². The molecule has 5 nitrogen and oxygen atoms in total. The number of methoxy groups -OCH3 is 1. The van der Waals surface area contributed by atoms with Crippen molar-refractivity contribution in [3.63, 3.8) is 0 Å². The van der Waals surface area contributed by atoms with Gasteiger partial charge in [0, 0.05) is 24.3 Å². The van der Waals surface area contributed by atoms with E-state index in [0.29, 0.717) is 31.0 Å². The Labute approximate surface area is 119 Å². The molecule has 0 aliphatic carbocycles. The van der Waals surface area contributed by atoms with Gasteiger partial charge >= 0.3 is 5.97 Å². The third-order valence-corrected chi connectivity index (χ3v) is 3.75. The lowest BCUT2D eigenvalue weighted by molar-refractivity contribution is -0.0553. The SMILES string of the molecule is COC(=O)c1c(N)cccc1CN1CCOCC1(C)C. The molecular formula is C15H22N2O3. The van der Waals surface area contributed by atoms with Gasteiger partial charge < -0.3 is 15.2 Å². The van der Waals surface area contributed by atoms with Crippen molar-refractivity contribution >= 4 is 11.7 Å². The van der Waals surface area contributed by atoms with Crippen LogP contribution in [0.25, 0.3) is 0 Å². The Morgan fingerprint density at radius 2 is 2.25 bits per heavy atom. The first-order chi connectivity index (χ1) is 9.45. The number of nitrogen functional groups attached to an aromatic ring is 1. The van der Waals surface area contributed by atoms with Gasteiger partial charge in [-0.05, 0) is 25.5 Å². The molecule has 1 aromatic carbocycles. The normalized spacial score (nSPS) is 18.8. The van der Waals surface area contributed by atoms with Crippen LogP contribution < -0.4 is 5.73 Å². The van der Waals surface area contributed by atoms with Crippen molar-refractivity contribution < 1.29 is 14.3 Å². The maximum absolute atomic E-state index is 11.9. The number of benzene rings is 1. The van der Waals surface area contributed by atoms with E-state index in [2.05, 4.69) is 18.7 Å². The van der Waals surface area contributed by atoms with Crippen molar-refractivity contribution in [1.82, 2.24) is 4.90 Å². The smallest absolute Gasteiger partial charge is 0.340 e. The number of ether oxygens (including phenoxy) is 2. The van der Waals surface area contributed by atoms with E-state index < -0.39 is 0 Å². The molecule has 1 aromatic rings. The Morgan fingerprint density at radius 3 is 2.90 bits per heavy atom. The highest BCUT2D eigenvalue weighted by Crippen LogP contribution is 2.25. The van der Waals surface area contributed by atoms with Gasteiger partial charge in [-0.2, -0.15) is 0 Å². The Hall–Kier alpha value is -1.59. The molecule has 1 heterocycles. The van der Waals surface area contributed by atoms with Crippen molar-refractivity contribution in [1.29, 1.82) is 0 Å². The van der Waals surface area contributed by atoms with Crippen LogP contribution in [0, 0.1) is 0 Å². The molecule has 2 N–H and O–H groups in total. The summed E-state index contributed by atoms with van der Waals surface area (Å²) < 4.78 is 10.4. The van der Waals surface area contributed by atoms with Crippen LogP contribution in [0.15, 0.2) is 18.2 Å². The van der Waals surface area contributed by atoms with Crippen LogP contribution in [0.5, 0.6) is 0 Å². The first-order valence-corrected chi connectivity index (χ1v) is 6.74. The van der Waals surface area contributed by atoms with E-state index in [1.807, 2.05) is 12.1 Å². The van der Waals surface area contributed by atoms with E-state index in [4.69, 9.17) is 15.2 Å². The summed E-state index contributed by atoms with van der Waals surface area (Å²) >= 11 is 0. The van der Waals surface area contributed by atoms with Gasteiger partial charge in [0.1, 0.15) is 0 Å². The maximum Gasteiger partial charge on any atom is 0.340 e. The third-order valence-electron chi connectivity index (χ3n) is 3.75. The number of anilines is 1. The Morgan fingerprint density at radius 1 is 1.50 bits per heavy atom. The van der Waals surface area contributed by atoms with Crippen molar-refractivity contribution in [3.8, 4) is 0 Å². The molecule has 1 fully saturated rings. The van der Waals surface area contributed by atoms with Gasteiger partial charge in [0.15, 0.2) is 0 Å². The summed E-state index contributed by atoms with van der Waals surface area (Å²) in [7, 11) is 1.37. The minimum atomic E-state index is -0.385. The molecule has 110 valence electrons. The predicted octanol–water partition coefficient (Wildman–Crippen LogP) is 1.67. The maximum atomic E-state index is 11.9. The molecular weight excluding hydrogens is 256 g/mol. The largest absolute Gasteiger partial charge is 0.465 e. The summed E-state index contributed by atoms with van der Waals surface area (Å²) in [6, 6.07) is 5.51. The van der Waals surface area contributed by atoms with Crippen LogP contribution in [-0.2, 0) is 16.0 Å². The lowest BCUT2D eigenvalue weighted by atomic mass is 9.99. The molecule has 0 amide bonds. The molecule has 1 aliphatic rings. The summed E-state index contributed by atoms with van der Waals surface area (Å²) in [6.07, 6.45) is 0. The van der Waals surface area contributed by atoms with Crippen molar-refractivity contribution in [2.24, 2.45) is 0 Å². The number of nitrogens with two attached hydrogens (primary N) is 1. The lowest BCUT2D eigenvalue weighted by Gasteiger charge is -2.42. The second-order valence-corrected chi connectivity index (χ2v) is 5.66. The average molecular weight is 278 g/mol. The van der Waals surface area contributed by atoms with Crippen LogP contribution in [0.4, 0.5) is 5.69 Å². The minimum absolute atomic E-state index is 0.0593. The molecule has 20 heavy (non-hydrogen) atoms. The molecule has 0 aromatic heterocycles. The molecule has 1 saturated heterocycles. The van der Waals surface area contributed by atoms with Gasteiger partial charge in [0.2, 0.25) is 0 Å². The summed E-state index contributed by atoms with van der Waals surface area (Å²) in [5.41, 5.74) is 7.69. The summed E-state index contributed by atoms with van der Waals surface area (Å²) in [5.74, 6) is -0.385. The summed E-state index contributed by atoms with van der Waals surface area (Å²) in [5, 5.41) is 0. The standard InChI is InChI=1S/C15H22N2O3/c1-15(2)10-20-8-7-17(15)9-11-5-4-6-12(16)13(11)14(18)19-3/h4-6H,7-10,16H2,1-3H3. The molecule has 0 unspecified atom stereocenters. The Bertz CT molecular complexity index is 500. The van der Waals surface area contributed by atoms with Gasteiger partial charge in [0.25, 0.3) is 0 Å². The van der Waals surface area contributed by atoms with E-state index in [0.717, 1.165) is 12.1 Å². The number of carbonyl (C=O) groups is 1. The molecule has 1 aliphatic heterocycles. The number of hydrogen-bond donors (Lipinski definition) is 1. The highest BCUT2D eigenvalue weighted by atomic mass is 16.5. The molecule has 0 bridgehead atoms. The van der Waals surface area contributed by atoms with E-state index >= 15 is 0 Å². The predicted molar refractivity (Wildman–Crippen MR) is 77.5 cm³/mol. The number of nitrogens with zero attached hydrogens (tertiary/aromatic N) is 1. The zero-order valence-electron chi connectivity index (χ0n) is 12.3. The fraction of sp³-hybridized carbons (Fsp3) is 0.533. The number of esters is 1. The van der Waals surface area contributed by atoms with Gasteiger partial charge in [-0.15, -0.1) is 0 Å². The summed E-state index contributed by atoms with van der Waals surface area (Å²) in [6.45, 7) is 7.16. The Balaban J connectivity index is 2.29. The number of carbonyl (C=O) groups excluding carboxylic acids is 1. The number of rotatable bonds is 3. The first kappa shape index (κ1) is 14.8. The number of morpholine rings is 1. The first-order valence-electron chi connectivity index (χ1n) is 6.74. The molecule has 2 rings (SSSR count). The zero-order valence-corrected chi connectivity index (χ0v) is 12.3. The van der Waals surface area contributed by atoms with E-state index in [9.17, 15) is 4.79 Å². The number of hydrogen-bond acceptors (Lipinski definition) is 5. The average Bonchev–Trinajstić information content (AvgIpc) is 2.40. The van der Waals surface area contributed by atoms with Crippen LogP contribution >= 0.6 is 0 Å². The fourth-order valence-corrected chi connectivity index (χ4v) is 2.49. The van der Waals surface area contributed by atoms with Crippen molar-refractivity contribution in [2.45, 2.75) is 25.9 Å². The minimum Gasteiger partial charge on any atom is -0.465 e. The van der Waals surface area contributed by atoms with Crippen molar-refractivity contribution in [3.05, 3.63) is 29.3 Å². The molecule has 0 radical (unpaired) electrons. The topological polar surface area (TPSA) is 64.8 Å². The highest BCUT2D eigenvalue weighted by Gasteiger charge is 2.31. The lowest BCUT2D eigenvalue weighted by Crippen LogP contribution is -2.52. The third kappa shape index (κ3) is 2.94. The van der Waals surface area contributed by atoms with Crippen LogP contribution in [0.1, 0.15) is 29.8 Å². The van der Waals surface area contributed by atoms with Crippen LogP contribution in [0.3, 0.4) is 0 Å². The molecule has 0 atom stereocenters. The quantitative estimate of drug-likeness (QED) is 0.673. The monoisotopic (exact) mass is 278 g/mol. The van der Waals surface area contributed by atoms with Gasteiger partial charge in [-0.1, -0.05) is 12.1 Å². The molecule has 5 heteroatoms. The second-order valence-electron chi connectivity index (χ2n) is 5.66. The van der Waals surface area contributed by atoms with Gasteiger partial charge in [0.05, 0.1) is 25.9 Å². The second kappa shape index (κ2) is 5.81. The van der Waals surface area contributed by atoms with Crippen LogP contribution in [0.2, 0.25) is 0 Å². The highest BCUT2D eigenvalue weighted by molar-refractivity contribution is 5.96.